The summed E-state index contributed by atoms with van der Waals surface area (Å²) >= 11 is 6.35. The molecule has 3 aromatic carbocycles. The molecule has 4 aromatic rings. The number of anilines is 1. The summed E-state index contributed by atoms with van der Waals surface area (Å²) in [5.41, 5.74) is 2.46. The molecule has 2 N–H and O–H groups in total. The molecule has 1 atom stereocenters. The van der Waals surface area contributed by atoms with Crippen LogP contribution in [0.3, 0.4) is 0 Å². The number of rotatable bonds is 6. The van der Waals surface area contributed by atoms with Gasteiger partial charge in [-0.25, -0.2) is 4.79 Å². The number of aromatic hydroxyl groups is 1. The lowest BCUT2D eigenvalue weighted by atomic mass is 9.93. The molecule has 192 valence electrons. The number of amides is 1. The van der Waals surface area contributed by atoms with Gasteiger partial charge in [0, 0.05) is 35.2 Å². The van der Waals surface area contributed by atoms with E-state index in [0.717, 1.165) is 5.56 Å². The lowest BCUT2D eigenvalue weighted by molar-refractivity contribution is 0.0602. The number of halogens is 1. The summed E-state index contributed by atoms with van der Waals surface area (Å²) in [4.78, 5) is 30.9. The maximum atomic E-state index is 13.8. The Hall–Kier alpha value is -4.11. The van der Waals surface area contributed by atoms with Gasteiger partial charge in [0.25, 0.3) is 5.91 Å². The molecule has 0 aliphatic carbocycles. The lowest BCUT2D eigenvalue weighted by Crippen LogP contribution is -2.30. The minimum absolute atomic E-state index is 0.129. The Kier molecular flexibility index (Phi) is 6.25. The minimum Gasteiger partial charge on any atom is -0.507 e. The summed E-state index contributed by atoms with van der Waals surface area (Å²) in [5, 5.41) is 12.7. The van der Waals surface area contributed by atoms with Crippen molar-refractivity contribution in [3.05, 3.63) is 53.2 Å². The lowest BCUT2D eigenvalue weighted by Gasteiger charge is -2.18. The number of nitrogens with zero attached hydrogens (tertiary/aromatic N) is 1. The first-order chi connectivity index (χ1) is 17.9. The number of methoxy groups -OCH3 is 4. The molecule has 0 radical (unpaired) electrons. The van der Waals surface area contributed by atoms with Crippen LogP contribution in [0.5, 0.6) is 23.0 Å². The van der Waals surface area contributed by atoms with Gasteiger partial charge in [-0.1, -0.05) is 12.1 Å². The first-order valence-electron chi connectivity index (χ1n) is 11.4. The molecule has 37 heavy (non-hydrogen) atoms. The van der Waals surface area contributed by atoms with E-state index in [1.165, 1.54) is 34.5 Å². The van der Waals surface area contributed by atoms with Crippen LogP contribution in [-0.4, -0.2) is 62.8 Å². The molecule has 10 heteroatoms. The summed E-state index contributed by atoms with van der Waals surface area (Å²) in [7, 11) is 5.83. The van der Waals surface area contributed by atoms with Gasteiger partial charge in [-0.15, -0.1) is 11.6 Å². The van der Waals surface area contributed by atoms with E-state index < -0.39 is 5.97 Å². The molecule has 5 rings (SSSR count). The van der Waals surface area contributed by atoms with Crippen molar-refractivity contribution in [2.75, 3.05) is 45.8 Å². The molecule has 1 aliphatic heterocycles. The van der Waals surface area contributed by atoms with Crippen molar-refractivity contribution in [3.63, 3.8) is 0 Å². The first kappa shape index (κ1) is 24.6. The number of benzene rings is 3. The number of carbonyl (C=O) groups excluding carboxylic acids is 2. The SMILES string of the molecule is COC(=O)c1cccc2c3c(cc(O)c12)N(C(=O)c1cc2cc(OC)c(OC)c(OC)c2[nH]1)C[C@@H]3CCl. The Morgan fingerprint density at radius 3 is 2.49 bits per heavy atom. The number of carbonyl (C=O) groups is 2. The van der Waals surface area contributed by atoms with Gasteiger partial charge in [0.1, 0.15) is 11.4 Å². The highest BCUT2D eigenvalue weighted by molar-refractivity contribution is 6.20. The maximum absolute atomic E-state index is 13.8. The van der Waals surface area contributed by atoms with Crippen LogP contribution in [-0.2, 0) is 4.74 Å². The highest BCUT2D eigenvalue weighted by Crippen LogP contribution is 2.47. The maximum Gasteiger partial charge on any atom is 0.338 e. The molecule has 1 aliphatic rings. The van der Waals surface area contributed by atoms with E-state index in [2.05, 4.69) is 4.98 Å². The van der Waals surface area contributed by atoms with Gasteiger partial charge in [-0.2, -0.15) is 0 Å². The molecule has 0 spiro atoms. The van der Waals surface area contributed by atoms with Crippen LogP contribution >= 0.6 is 11.6 Å². The fourth-order valence-electron chi connectivity index (χ4n) is 5.14. The smallest absolute Gasteiger partial charge is 0.338 e. The third kappa shape index (κ3) is 3.69. The second kappa shape index (κ2) is 9.40. The second-order valence-corrected chi connectivity index (χ2v) is 8.92. The van der Waals surface area contributed by atoms with Crippen molar-refractivity contribution in [3.8, 4) is 23.0 Å². The summed E-state index contributed by atoms with van der Waals surface area (Å²) in [6.07, 6.45) is 0. The zero-order valence-corrected chi connectivity index (χ0v) is 21.4. The van der Waals surface area contributed by atoms with Crippen LogP contribution in [0.4, 0.5) is 5.69 Å². The van der Waals surface area contributed by atoms with E-state index in [9.17, 15) is 14.7 Å². The molecule has 9 nitrogen and oxygen atoms in total. The topological polar surface area (TPSA) is 110 Å². The first-order valence-corrected chi connectivity index (χ1v) is 12.0. The van der Waals surface area contributed by atoms with Crippen LogP contribution in [0.25, 0.3) is 21.7 Å². The van der Waals surface area contributed by atoms with Gasteiger partial charge in [0.05, 0.1) is 45.2 Å². The quantitative estimate of drug-likeness (QED) is 0.275. The van der Waals surface area contributed by atoms with E-state index >= 15 is 0 Å². The number of H-pyrrole nitrogens is 1. The average Bonchev–Trinajstić information content (AvgIpc) is 3.52. The van der Waals surface area contributed by atoms with Gasteiger partial charge in [-0.05, 0) is 29.1 Å². The van der Waals surface area contributed by atoms with Crippen molar-refractivity contribution in [2.45, 2.75) is 5.92 Å². The zero-order chi connectivity index (χ0) is 26.4. The minimum atomic E-state index is -0.563. The number of nitrogens with one attached hydrogen (secondary N) is 1. The highest BCUT2D eigenvalue weighted by Gasteiger charge is 2.36. The molecule has 1 amide bonds. The van der Waals surface area contributed by atoms with Crippen LogP contribution < -0.4 is 19.1 Å². The van der Waals surface area contributed by atoms with Crippen molar-refractivity contribution in [1.29, 1.82) is 0 Å². The van der Waals surface area contributed by atoms with Crippen LogP contribution in [0, 0.1) is 0 Å². The van der Waals surface area contributed by atoms with E-state index in [0.29, 0.717) is 56.8 Å². The Morgan fingerprint density at radius 1 is 1.08 bits per heavy atom. The van der Waals surface area contributed by atoms with Gasteiger partial charge in [0.15, 0.2) is 11.5 Å². The van der Waals surface area contributed by atoms with E-state index in [4.69, 9.17) is 30.5 Å². The number of aromatic amines is 1. The predicted octanol–water partition coefficient (Wildman–Crippen LogP) is 4.82. The predicted molar refractivity (Wildman–Crippen MR) is 140 cm³/mol. The number of phenols is 1. The molecule has 0 fully saturated rings. The van der Waals surface area contributed by atoms with Crippen LogP contribution in [0.2, 0.25) is 0 Å². The Bertz CT molecular complexity index is 1560. The average molecular weight is 525 g/mol. The van der Waals surface area contributed by atoms with E-state index in [1.807, 2.05) is 0 Å². The molecule has 0 saturated heterocycles. The third-order valence-corrected chi connectivity index (χ3v) is 7.12. The zero-order valence-electron chi connectivity index (χ0n) is 20.7. The van der Waals surface area contributed by atoms with E-state index in [1.54, 1.807) is 35.2 Å². The number of ether oxygens (including phenoxy) is 4. The number of phenolic OH excluding ortho intramolecular Hbond substituents is 1. The number of fused-ring (bicyclic) bond motifs is 4. The Balaban J connectivity index is 1.66. The monoisotopic (exact) mass is 524 g/mol. The number of hydrogen-bond acceptors (Lipinski definition) is 7. The number of aromatic nitrogens is 1. The molecule has 2 heterocycles. The fourth-order valence-corrected chi connectivity index (χ4v) is 5.39. The van der Waals surface area contributed by atoms with Crippen LogP contribution in [0.1, 0.15) is 32.3 Å². The van der Waals surface area contributed by atoms with Crippen molar-refractivity contribution in [1.82, 2.24) is 4.98 Å². The fraction of sp³-hybridized carbons (Fsp3) is 0.259. The highest BCUT2D eigenvalue weighted by atomic mass is 35.5. The molecule has 0 bridgehead atoms. The van der Waals surface area contributed by atoms with Gasteiger partial charge >= 0.3 is 5.97 Å². The van der Waals surface area contributed by atoms with Crippen molar-refractivity contribution in [2.24, 2.45) is 0 Å². The normalized spacial score (nSPS) is 14.6. The summed E-state index contributed by atoms with van der Waals surface area (Å²) < 4.78 is 21.3. The molecular formula is C27H25ClN2O7. The molecular weight excluding hydrogens is 500 g/mol. The Labute approximate surface area is 217 Å². The molecule has 0 saturated carbocycles. The largest absolute Gasteiger partial charge is 0.507 e. The van der Waals surface area contributed by atoms with Gasteiger partial charge < -0.3 is 33.9 Å². The summed E-state index contributed by atoms with van der Waals surface area (Å²) in [6, 6.07) is 10.1. The molecule has 0 unspecified atom stereocenters. The van der Waals surface area contributed by atoms with Gasteiger partial charge in [-0.3, -0.25) is 4.79 Å². The summed E-state index contributed by atoms with van der Waals surface area (Å²) in [5.74, 6) is 0.316. The Morgan fingerprint density at radius 2 is 1.84 bits per heavy atom. The molecule has 1 aromatic heterocycles. The van der Waals surface area contributed by atoms with E-state index in [-0.39, 0.29) is 29.0 Å². The number of hydrogen-bond donors (Lipinski definition) is 2. The number of alkyl halides is 1. The van der Waals surface area contributed by atoms with Crippen LogP contribution in [0.15, 0.2) is 36.4 Å². The second-order valence-electron chi connectivity index (χ2n) is 8.61. The summed E-state index contributed by atoms with van der Waals surface area (Å²) in [6.45, 7) is 0.303. The van der Waals surface area contributed by atoms with Crippen molar-refractivity contribution >= 4 is 50.8 Å². The van der Waals surface area contributed by atoms with Crippen molar-refractivity contribution < 1.29 is 33.6 Å². The third-order valence-electron chi connectivity index (χ3n) is 6.75. The number of esters is 1. The van der Waals surface area contributed by atoms with Gasteiger partial charge in [0.2, 0.25) is 5.75 Å². The standard InChI is InChI=1S/C27H25ClN2O7/c1-34-20-9-13-8-17(29-23(13)25(36-3)24(20)35-2)26(32)30-12-14(11-28)21-15-6-5-7-16(27(33)37-4)22(15)19(31)10-18(21)30/h5-10,14,29,31H,11-12H2,1-4H3/t14-/m0/s1.